The lowest BCUT2D eigenvalue weighted by atomic mass is 10.3. The first-order chi connectivity index (χ1) is 4.22. The monoisotopic (exact) mass is 239 g/mol. The van der Waals surface area contributed by atoms with Crippen LogP contribution in [0.4, 0.5) is 4.39 Å². The Hall–Kier alpha value is -0.190. The van der Waals surface area contributed by atoms with Gasteiger partial charge in [0.1, 0.15) is 5.83 Å². The SMILES string of the molecule is C=N/C=C(C)/C(F)=C/I. The molecule has 50 valence electrons. The van der Waals surface area contributed by atoms with Gasteiger partial charge >= 0.3 is 0 Å². The van der Waals surface area contributed by atoms with Crippen LogP contribution in [0.25, 0.3) is 0 Å². The van der Waals surface area contributed by atoms with Gasteiger partial charge in [-0.2, -0.15) is 0 Å². The number of allylic oxidation sites excluding steroid dienone is 2. The summed E-state index contributed by atoms with van der Waals surface area (Å²) in [5.41, 5.74) is 0.499. The van der Waals surface area contributed by atoms with Crippen molar-refractivity contribution in [2.75, 3.05) is 0 Å². The van der Waals surface area contributed by atoms with Gasteiger partial charge in [-0.05, 0) is 36.2 Å². The van der Waals surface area contributed by atoms with Crippen LogP contribution in [-0.4, -0.2) is 6.72 Å². The number of aliphatic imine (C=N–C) groups is 1. The molecular weight excluding hydrogens is 232 g/mol. The molecule has 0 aromatic carbocycles. The van der Waals surface area contributed by atoms with E-state index in [4.69, 9.17) is 0 Å². The molecule has 0 rings (SSSR count). The van der Waals surface area contributed by atoms with E-state index in [1.807, 2.05) is 22.6 Å². The summed E-state index contributed by atoms with van der Waals surface area (Å²) in [5, 5.41) is 0. The minimum atomic E-state index is -0.261. The lowest BCUT2D eigenvalue weighted by Crippen LogP contribution is -1.72. The average Bonchev–Trinajstić information content (AvgIpc) is 1.87. The first-order valence-electron chi connectivity index (χ1n) is 2.31. The molecule has 0 heterocycles. The van der Waals surface area contributed by atoms with Gasteiger partial charge in [0.15, 0.2) is 0 Å². The molecule has 1 nitrogen and oxygen atoms in total. The highest BCUT2D eigenvalue weighted by molar-refractivity contribution is 14.1. The molecule has 0 saturated carbocycles. The lowest BCUT2D eigenvalue weighted by Gasteiger charge is -1.89. The van der Waals surface area contributed by atoms with E-state index in [0.29, 0.717) is 5.57 Å². The van der Waals surface area contributed by atoms with Crippen LogP contribution >= 0.6 is 22.6 Å². The van der Waals surface area contributed by atoms with Gasteiger partial charge in [0.05, 0.1) is 0 Å². The van der Waals surface area contributed by atoms with Crippen LogP contribution in [0.1, 0.15) is 6.92 Å². The fourth-order valence-corrected chi connectivity index (χ4v) is 0.776. The smallest absolute Gasteiger partial charge is 0.133 e. The maximum atomic E-state index is 12.4. The molecule has 9 heavy (non-hydrogen) atoms. The molecule has 0 radical (unpaired) electrons. The molecule has 0 aromatic heterocycles. The Morgan fingerprint density at radius 3 is 2.67 bits per heavy atom. The maximum absolute atomic E-state index is 12.4. The Bertz CT molecular complexity index is 160. The Morgan fingerprint density at radius 1 is 1.78 bits per heavy atom. The summed E-state index contributed by atoms with van der Waals surface area (Å²) < 4.78 is 13.8. The third-order valence-electron chi connectivity index (χ3n) is 0.757. The van der Waals surface area contributed by atoms with Crippen molar-refractivity contribution in [1.82, 2.24) is 0 Å². The average molecular weight is 239 g/mol. The minimum Gasteiger partial charge on any atom is -0.272 e. The summed E-state index contributed by atoms with van der Waals surface area (Å²) in [5.74, 6) is -0.261. The summed E-state index contributed by atoms with van der Waals surface area (Å²) in [7, 11) is 0. The molecule has 0 atom stereocenters. The zero-order chi connectivity index (χ0) is 7.28. The predicted octanol–water partition coefficient (Wildman–Crippen LogP) is 2.84. The third kappa shape index (κ3) is 3.40. The number of nitrogens with zero attached hydrogens (tertiary/aromatic N) is 1. The summed E-state index contributed by atoms with van der Waals surface area (Å²) in [6.45, 7) is 4.83. The molecule has 0 fully saturated rings. The molecule has 0 amide bonds. The van der Waals surface area contributed by atoms with E-state index in [2.05, 4.69) is 11.7 Å². The van der Waals surface area contributed by atoms with E-state index < -0.39 is 0 Å². The normalized spacial score (nSPS) is 13.7. The van der Waals surface area contributed by atoms with E-state index in [0.717, 1.165) is 0 Å². The zero-order valence-electron chi connectivity index (χ0n) is 5.06. The quantitative estimate of drug-likeness (QED) is 0.399. The highest BCUT2D eigenvalue weighted by Gasteiger charge is 1.92. The number of rotatable bonds is 2. The second kappa shape index (κ2) is 4.67. The van der Waals surface area contributed by atoms with Crippen LogP contribution in [0.15, 0.2) is 26.7 Å². The van der Waals surface area contributed by atoms with Crippen molar-refractivity contribution in [2.24, 2.45) is 4.99 Å². The molecule has 0 aliphatic carbocycles. The second-order valence-electron chi connectivity index (χ2n) is 1.45. The minimum absolute atomic E-state index is 0.261. The van der Waals surface area contributed by atoms with Crippen molar-refractivity contribution in [1.29, 1.82) is 0 Å². The summed E-state index contributed by atoms with van der Waals surface area (Å²) in [6.07, 6.45) is 1.38. The molecule has 0 aromatic rings. The van der Waals surface area contributed by atoms with Gasteiger partial charge in [0.25, 0.3) is 0 Å². The molecule has 0 aliphatic heterocycles. The fourth-order valence-electron chi connectivity index (χ4n) is 0.285. The Morgan fingerprint density at radius 2 is 2.33 bits per heavy atom. The van der Waals surface area contributed by atoms with E-state index in [-0.39, 0.29) is 5.83 Å². The van der Waals surface area contributed by atoms with Gasteiger partial charge in [0.2, 0.25) is 0 Å². The Balaban J connectivity index is 4.19. The van der Waals surface area contributed by atoms with Crippen LogP contribution in [0.2, 0.25) is 0 Å². The molecule has 0 unspecified atom stereocenters. The van der Waals surface area contributed by atoms with Crippen LogP contribution in [0, 0.1) is 0 Å². The van der Waals surface area contributed by atoms with Crippen molar-refractivity contribution < 1.29 is 4.39 Å². The number of halogens is 2. The third-order valence-corrected chi connectivity index (χ3v) is 1.30. The van der Waals surface area contributed by atoms with E-state index in [1.165, 1.54) is 10.3 Å². The number of hydrogen-bond donors (Lipinski definition) is 0. The Kier molecular flexibility index (Phi) is 4.57. The molecule has 0 aliphatic rings. The topological polar surface area (TPSA) is 12.4 Å². The highest BCUT2D eigenvalue weighted by Crippen LogP contribution is 2.11. The van der Waals surface area contributed by atoms with Crippen molar-refractivity contribution >= 4 is 29.3 Å². The van der Waals surface area contributed by atoms with E-state index >= 15 is 0 Å². The molecule has 0 saturated heterocycles. The standard InChI is InChI=1S/C6H7FIN/c1-5(4-9-2)6(7)3-8/h3-4H,2H2,1H3/b5-4+,6-3-. The first-order valence-corrected chi connectivity index (χ1v) is 3.55. The summed E-state index contributed by atoms with van der Waals surface area (Å²) in [6, 6.07) is 0. The maximum Gasteiger partial charge on any atom is 0.133 e. The molecule has 0 spiro atoms. The second-order valence-corrected chi connectivity index (χ2v) is 2.07. The van der Waals surface area contributed by atoms with Crippen molar-refractivity contribution in [3.05, 3.63) is 21.7 Å². The van der Waals surface area contributed by atoms with Gasteiger partial charge in [-0.3, -0.25) is 4.99 Å². The molecular formula is C6H7FIN. The van der Waals surface area contributed by atoms with Gasteiger partial charge in [-0.15, -0.1) is 0 Å². The molecule has 3 heteroatoms. The van der Waals surface area contributed by atoms with E-state index in [9.17, 15) is 4.39 Å². The lowest BCUT2D eigenvalue weighted by molar-refractivity contribution is 0.654. The van der Waals surface area contributed by atoms with Crippen molar-refractivity contribution in [2.45, 2.75) is 6.92 Å². The van der Waals surface area contributed by atoms with Crippen LogP contribution in [0.3, 0.4) is 0 Å². The van der Waals surface area contributed by atoms with Crippen LogP contribution in [0.5, 0.6) is 0 Å². The predicted molar refractivity (Wildman–Crippen MR) is 46.5 cm³/mol. The van der Waals surface area contributed by atoms with Crippen molar-refractivity contribution in [3.8, 4) is 0 Å². The summed E-state index contributed by atoms with van der Waals surface area (Å²) >= 11 is 1.83. The van der Waals surface area contributed by atoms with E-state index in [1.54, 1.807) is 6.92 Å². The zero-order valence-corrected chi connectivity index (χ0v) is 7.22. The van der Waals surface area contributed by atoms with Gasteiger partial charge in [-0.1, -0.05) is 0 Å². The Labute approximate surface area is 67.5 Å². The molecule has 0 N–H and O–H groups in total. The number of hydrogen-bond acceptors (Lipinski definition) is 1. The highest BCUT2D eigenvalue weighted by atomic mass is 127. The largest absolute Gasteiger partial charge is 0.272 e. The van der Waals surface area contributed by atoms with Gasteiger partial charge in [0, 0.05) is 15.9 Å². The summed E-state index contributed by atoms with van der Waals surface area (Å²) in [4.78, 5) is 3.41. The first kappa shape index (κ1) is 8.81. The van der Waals surface area contributed by atoms with Crippen LogP contribution < -0.4 is 0 Å². The fraction of sp³-hybridized carbons (Fsp3) is 0.167. The van der Waals surface area contributed by atoms with Crippen LogP contribution in [-0.2, 0) is 0 Å². The van der Waals surface area contributed by atoms with Gasteiger partial charge in [-0.25, -0.2) is 4.39 Å². The van der Waals surface area contributed by atoms with Crippen molar-refractivity contribution in [3.63, 3.8) is 0 Å². The molecule has 0 bridgehead atoms. The van der Waals surface area contributed by atoms with Gasteiger partial charge < -0.3 is 0 Å².